The zero-order valence-electron chi connectivity index (χ0n) is 11.8. The van der Waals surface area contributed by atoms with Crippen LogP contribution in [0.1, 0.15) is 20.3 Å². The minimum absolute atomic E-state index is 0.0494. The Labute approximate surface area is 118 Å². The van der Waals surface area contributed by atoms with Crippen LogP contribution in [0.25, 0.3) is 0 Å². The molecule has 1 aromatic carbocycles. The van der Waals surface area contributed by atoms with E-state index in [4.69, 9.17) is 4.74 Å². The van der Waals surface area contributed by atoms with Crippen molar-refractivity contribution in [3.8, 4) is 5.75 Å². The van der Waals surface area contributed by atoms with Crippen LogP contribution in [0.4, 0.5) is 4.39 Å². The first-order chi connectivity index (χ1) is 9.49. The molecule has 0 radical (unpaired) electrons. The number of ether oxygens (including phenoxy) is 1. The lowest BCUT2D eigenvalue weighted by Crippen LogP contribution is -2.49. The van der Waals surface area contributed by atoms with E-state index in [0.717, 1.165) is 0 Å². The third-order valence-corrected chi connectivity index (χ3v) is 3.66. The van der Waals surface area contributed by atoms with Gasteiger partial charge in [0.2, 0.25) is 0 Å². The number of halogens is 1. The fourth-order valence-corrected chi connectivity index (χ4v) is 2.37. The SMILES string of the molecule is CC(Oc1ccccc1F)C(=O)N1CCC(O)C(C)C1. The molecule has 0 spiro atoms. The van der Waals surface area contributed by atoms with E-state index in [1.807, 2.05) is 6.92 Å². The summed E-state index contributed by atoms with van der Waals surface area (Å²) in [5, 5.41) is 9.67. The van der Waals surface area contributed by atoms with Gasteiger partial charge in [0, 0.05) is 13.1 Å². The van der Waals surface area contributed by atoms with Gasteiger partial charge in [0.05, 0.1) is 6.10 Å². The molecule has 1 aromatic rings. The number of aliphatic hydroxyl groups is 1. The summed E-state index contributed by atoms with van der Waals surface area (Å²) in [4.78, 5) is 13.9. The number of benzene rings is 1. The number of hydrogen-bond acceptors (Lipinski definition) is 3. The van der Waals surface area contributed by atoms with Crippen molar-refractivity contribution in [2.24, 2.45) is 5.92 Å². The molecule has 1 N–H and O–H groups in total. The summed E-state index contributed by atoms with van der Waals surface area (Å²) in [6, 6.07) is 6.03. The summed E-state index contributed by atoms with van der Waals surface area (Å²) < 4.78 is 18.9. The number of nitrogens with zero attached hydrogens (tertiary/aromatic N) is 1. The van der Waals surface area contributed by atoms with E-state index in [9.17, 15) is 14.3 Å². The van der Waals surface area contributed by atoms with Crippen molar-refractivity contribution < 1.29 is 19.0 Å². The Kier molecular flexibility index (Phi) is 4.60. The van der Waals surface area contributed by atoms with Gasteiger partial charge in [-0.3, -0.25) is 4.79 Å². The molecule has 1 amide bonds. The highest BCUT2D eigenvalue weighted by Crippen LogP contribution is 2.20. The molecule has 2 rings (SSSR count). The van der Waals surface area contributed by atoms with Crippen LogP contribution in [0.15, 0.2) is 24.3 Å². The smallest absolute Gasteiger partial charge is 0.263 e. The van der Waals surface area contributed by atoms with Crippen LogP contribution in [0.3, 0.4) is 0 Å². The lowest BCUT2D eigenvalue weighted by Gasteiger charge is -2.35. The van der Waals surface area contributed by atoms with Crippen LogP contribution in [-0.4, -0.2) is 41.2 Å². The quantitative estimate of drug-likeness (QED) is 0.919. The second-order valence-electron chi connectivity index (χ2n) is 5.31. The average Bonchev–Trinajstić information content (AvgIpc) is 2.43. The molecule has 4 nitrogen and oxygen atoms in total. The number of carbonyl (C=O) groups is 1. The Morgan fingerprint density at radius 1 is 1.50 bits per heavy atom. The van der Waals surface area contributed by atoms with E-state index in [1.165, 1.54) is 12.1 Å². The summed E-state index contributed by atoms with van der Waals surface area (Å²) in [7, 11) is 0. The van der Waals surface area contributed by atoms with Crippen molar-refractivity contribution in [3.05, 3.63) is 30.1 Å². The van der Waals surface area contributed by atoms with Crippen LogP contribution in [0, 0.1) is 11.7 Å². The molecule has 1 saturated heterocycles. The molecule has 1 fully saturated rings. The van der Waals surface area contributed by atoms with Crippen molar-refractivity contribution in [2.45, 2.75) is 32.5 Å². The maximum absolute atomic E-state index is 13.5. The first-order valence-corrected chi connectivity index (χ1v) is 6.87. The third-order valence-electron chi connectivity index (χ3n) is 3.66. The van der Waals surface area contributed by atoms with Crippen LogP contribution >= 0.6 is 0 Å². The topological polar surface area (TPSA) is 49.8 Å². The van der Waals surface area contributed by atoms with Crippen LogP contribution in [-0.2, 0) is 4.79 Å². The average molecular weight is 281 g/mol. The van der Waals surface area contributed by atoms with Crippen molar-refractivity contribution in [1.82, 2.24) is 4.90 Å². The van der Waals surface area contributed by atoms with E-state index >= 15 is 0 Å². The maximum atomic E-state index is 13.5. The van der Waals surface area contributed by atoms with Gasteiger partial charge in [-0.1, -0.05) is 19.1 Å². The second-order valence-corrected chi connectivity index (χ2v) is 5.31. The largest absolute Gasteiger partial charge is 0.478 e. The molecule has 0 aromatic heterocycles. The molecule has 1 aliphatic rings. The number of likely N-dealkylation sites (tertiary alicyclic amines) is 1. The molecule has 0 bridgehead atoms. The Morgan fingerprint density at radius 3 is 2.85 bits per heavy atom. The Balaban J connectivity index is 1.97. The van der Waals surface area contributed by atoms with Gasteiger partial charge in [-0.25, -0.2) is 4.39 Å². The molecule has 3 atom stereocenters. The summed E-state index contributed by atoms with van der Waals surface area (Å²) in [6.07, 6.45) is -0.532. The van der Waals surface area contributed by atoms with E-state index in [-0.39, 0.29) is 23.7 Å². The first kappa shape index (κ1) is 14.8. The summed E-state index contributed by atoms with van der Waals surface area (Å²) in [5.74, 6) is -0.520. The molecule has 1 aliphatic heterocycles. The minimum Gasteiger partial charge on any atom is -0.478 e. The van der Waals surface area contributed by atoms with Gasteiger partial charge in [0.25, 0.3) is 5.91 Å². The fraction of sp³-hybridized carbons (Fsp3) is 0.533. The number of carbonyl (C=O) groups excluding carboxylic acids is 1. The predicted molar refractivity (Wildman–Crippen MR) is 72.9 cm³/mol. The number of para-hydroxylation sites is 1. The zero-order chi connectivity index (χ0) is 14.7. The van der Waals surface area contributed by atoms with Crippen LogP contribution < -0.4 is 4.74 Å². The molecule has 1 heterocycles. The Hall–Kier alpha value is -1.62. The van der Waals surface area contributed by atoms with E-state index < -0.39 is 11.9 Å². The maximum Gasteiger partial charge on any atom is 0.263 e. The molecule has 20 heavy (non-hydrogen) atoms. The fourth-order valence-electron chi connectivity index (χ4n) is 2.37. The third kappa shape index (κ3) is 3.28. The van der Waals surface area contributed by atoms with Gasteiger partial charge in [-0.05, 0) is 31.4 Å². The Bertz CT molecular complexity index is 480. The Morgan fingerprint density at radius 2 is 2.20 bits per heavy atom. The van der Waals surface area contributed by atoms with Gasteiger partial charge in [0.1, 0.15) is 0 Å². The highest BCUT2D eigenvalue weighted by atomic mass is 19.1. The summed E-state index contributed by atoms with van der Waals surface area (Å²) in [6.45, 7) is 4.54. The second kappa shape index (κ2) is 6.22. The molecule has 5 heteroatoms. The van der Waals surface area contributed by atoms with Gasteiger partial charge in [-0.2, -0.15) is 0 Å². The van der Waals surface area contributed by atoms with Crippen LogP contribution in [0.5, 0.6) is 5.75 Å². The van der Waals surface area contributed by atoms with Crippen molar-refractivity contribution in [1.29, 1.82) is 0 Å². The molecule has 0 saturated carbocycles. The van der Waals surface area contributed by atoms with E-state index in [2.05, 4.69) is 0 Å². The highest BCUT2D eigenvalue weighted by Gasteiger charge is 2.30. The number of aliphatic hydroxyl groups excluding tert-OH is 1. The van der Waals surface area contributed by atoms with Gasteiger partial charge in [0.15, 0.2) is 17.7 Å². The van der Waals surface area contributed by atoms with Crippen LogP contribution in [0.2, 0.25) is 0 Å². The molecule has 3 unspecified atom stereocenters. The number of amides is 1. The van der Waals surface area contributed by atoms with E-state index in [0.29, 0.717) is 19.5 Å². The summed E-state index contributed by atoms with van der Waals surface area (Å²) >= 11 is 0. The van der Waals surface area contributed by atoms with E-state index in [1.54, 1.807) is 24.0 Å². The van der Waals surface area contributed by atoms with Gasteiger partial charge in [-0.15, -0.1) is 0 Å². The summed E-state index contributed by atoms with van der Waals surface area (Å²) in [5.41, 5.74) is 0. The number of piperidine rings is 1. The highest BCUT2D eigenvalue weighted by molar-refractivity contribution is 5.81. The predicted octanol–water partition coefficient (Wildman–Crippen LogP) is 1.82. The number of rotatable bonds is 3. The standard InChI is InChI=1S/C15H20FNO3/c1-10-9-17(8-7-13(10)18)15(19)11(2)20-14-6-4-3-5-12(14)16/h3-6,10-11,13,18H,7-9H2,1-2H3. The van der Waals surface area contributed by atoms with Crippen molar-refractivity contribution >= 4 is 5.91 Å². The molecular formula is C15H20FNO3. The lowest BCUT2D eigenvalue weighted by molar-refractivity contribution is -0.141. The number of hydrogen-bond donors (Lipinski definition) is 1. The van der Waals surface area contributed by atoms with Crippen molar-refractivity contribution in [2.75, 3.05) is 13.1 Å². The van der Waals surface area contributed by atoms with Gasteiger partial charge >= 0.3 is 0 Å². The lowest BCUT2D eigenvalue weighted by atomic mass is 9.96. The molecule has 110 valence electrons. The normalized spacial score (nSPS) is 24.3. The first-order valence-electron chi connectivity index (χ1n) is 6.87. The monoisotopic (exact) mass is 281 g/mol. The molecular weight excluding hydrogens is 261 g/mol. The van der Waals surface area contributed by atoms with Crippen molar-refractivity contribution in [3.63, 3.8) is 0 Å². The van der Waals surface area contributed by atoms with Gasteiger partial charge < -0.3 is 14.7 Å². The molecule has 0 aliphatic carbocycles. The zero-order valence-corrected chi connectivity index (χ0v) is 11.8. The minimum atomic E-state index is -0.741.